The fourth-order valence-corrected chi connectivity index (χ4v) is 3.56. The Bertz CT molecular complexity index is 420. The first kappa shape index (κ1) is 16.7. The van der Waals surface area contributed by atoms with Crippen molar-refractivity contribution in [1.29, 1.82) is 0 Å². The lowest BCUT2D eigenvalue weighted by Gasteiger charge is -2.06. The maximum absolute atomic E-state index is 11.8. The highest BCUT2D eigenvalue weighted by atomic mass is 35.5. The molecule has 0 aliphatic rings. The first-order valence-electron chi connectivity index (χ1n) is 4.87. The maximum Gasteiger partial charge on any atom is 0.253 e. The predicted molar refractivity (Wildman–Crippen MR) is 71.9 cm³/mol. The van der Waals surface area contributed by atoms with Crippen molar-refractivity contribution >= 4 is 33.8 Å². The molecule has 0 saturated carbocycles. The number of thiophene rings is 1. The van der Waals surface area contributed by atoms with E-state index in [0.717, 1.165) is 24.3 Å². The van der Waals surface area contributed by atoms with Gasteiger partial charge in [0.1, 0.15) is 5.75 Å². The second kappa shape index (κ2) is 7.88. The van der Waals surface area contributed by atoms with Crippen molar-refractivity contribution in [2.24, 2.45) is 0 Å². The third kappa shape index (κ3) is 4.81. The van der Waals surface area contributed by atoms with Gasteiger partial charge in [-0.25, -0.2) is 13.1 Å². The molecule has 0 unspecified atom stereocenters. The molecule has 0 aliphatic heterocycles. The standard InChI is InChI=1S/C9H16N2O3S2.ClH/c1-10-5-3-6-11-16(12,13)9-8(14-2)4-7-15-9;/h4,7,10-11H,3,5-6H2,1-2H3;1H. The van der Waals surface area contributed by atoms with Crippen molar-refractivity contribution in [3.05, 3.63) is 11.4 Å². The summed E-state index contributed by atoms with van der Waals surface area (Å²) in [6.07, 6.45) is 0.753. The van der Waals surface area contributed by atoms with Gasteiger partial charge in [-0.15, -0.1) is 23.7 Å². The Morgan fingerprint density at radius 1 is 1.41 bits per heavy atom. The summed E-state index contributed by atoms with van der Waals surface area (Å²) in [5.74, 6) is 0.395. The molecule has 8 heteroatoms. The Morgan fingerprint density at radius 2 is 2.12 bits per heavy atom. The highest BCUT2D eigenvalue weighted by Crippen LogP contribution is 2.28. The van der Waals surface area contributed by atoms with Gasteiger partial charge in [0.05, 0.1) is 7.11 Å². The zero-order valence-electron chi connectivity index (χ0n) is 9.73. The minimum absolute atomic E-state index is 0. The maximum atomic E-state index is 11.8. The smallest absolute Gasteiger partial charge is 0.253 e. The van der Waals surface area contributed by atoms with Gasteiger partial charge in [-0.05, 0) is 31.5 Å². The molecular weight excluding hydrogens is 284 g/mol. The molecule has 0 fully saturated rings. The van der Waals surface area contributed by atoms with E-state index in [9.17, 15) is 8.42 Å². The third-order valence-electron chi connectivity index (χ3n) is 1.96. The Labute approximate surface area is 112 Å². The summed E-state index contributed by atoms with van der Waals surface area (Å²) in [6.45, 7) is 1.20. The fourth-order valence-electron chi connectivity index (χ4n) is 1.17. The fraction of sp³-hybridized carbons (Fsp3) is 0.556. The monoisotopic (exact) mass is 300 g/mol. The SMILES string of the molecule is CNCCCNS(=O)(=O)c1sccc1OC.Cl. The van der Waals surface area contributed by atoms with Gasteiger partial charge in [0.2, 0.25) is 0 Å². The molecule has 0 spiro atoms. The largest absolute Gasteiger partial charge is 0.494 e. The molecule has 0 aromatic carbocycles. The van der Waals surface area contributed by atoms with Gasteiger partial charge in [-0.3, -0.25) is 0 Å². The van der Waals surface area contributed by atoms with Gasteiger partial charge in [-0.2, -0.15) is 0 Å². The number of nitrogens with one attached hydrogen (secondary N) is 2. The molecule has 0 bridgehead atoms. The average Bonchev–Trinajstić information content (AvgIpc) is 2.73. The Hall–Kier alpha value is -0.340. The number of sulfonamides is 1. The predicted octanol–water partition coefficient (Wildman–Crippen LogP) is 1.07. The first-order chi connectivity index (χ1) is 7.61. The molecule has 0 aliphatic carbocycles. The Morgan fingerprint density at radius 3 is 2.71 bits per heavy atom. The first-order valence-corrected chi connectivity index (χ1v) is 7.24. The van der Waals surface area contributed by atoms with Gasteiger partial charge in [0, 0.05) is 6.54 Å². The molecule has 1 aromatic rings. The topological polar surface area (TPSA) is 67.4 Å². The summed E-state index contributed by atoms with van der Waals surface area (Å²) >= 11 is 1.15. The molecule has 0 amide bonds. The molecule has 0 atom stereocenters. The van der Waals surface area contributed by atoms with Crippen LogP contribution in [0.3, 0.4) is 0 Å². The lowest BCUT2D eigenvalue weighted by Crippen LogP contribution is -2.26. The molecular formula is C9H17ClN2O3S2. The number of hydrogen-bond acceptors (Lipinski definition) is 5. The summed E-state index contributed by atoms with van der Waals surface area (Å²) in [5, 5.41) is 4.65. The van der Waals surface area contributed by atoms with E-state index in [-0.39, 0.29) is 16.6 Å². The van der Waals surface area contributed by atoms with Crippen LogP contribution < -0.4 is 14.8 Å². The summed E-state index contributed by atoms with van der Waals surface area (Å²) in [5.41, 5.74) is 0. The number of hydrogen-bond donors (Lipinski definition) is 2. The van der Waals surface area contributed by atoms with Crippen LogP contribution in [0.15, 0.2) is 15.7 Å². The van der Waals surface area contributed by atoms with Crippen molar-refractivity contribution in [2.75, 3.05) is 27.2 Å². The molecule has 1 rings (SSSR count). The van der Waals surface area contributed by atoms with Crippen LogP contribution in [0.2, 0.25) is 0 Å². The molecule has 1 aromatic heterocycles. The lowest BCUT2D eigenvalue weighted by molar-refractivity contribution is 0.406. The minimum atomic E-state index is -3.42. The van der Waals surface area contributed by atoms with Gasteiger partial charge >= 0.3 is 0 Å². The Kier molecular flexibility index (Phi) is 7.73. The number of ether oxygens (including phenoxy) is 1. The number of halogens is 1. The van der Waals surface area contributed by atoms with E-state index in [2.05, 4.69) is 10.0 Å². The number of methoxy groups -OCH3 is 1. The van der Waals surface area contributed by atoms with E-state index >= 15 is 0 Å². The van der Waals surface area contributed by atoms with E-state index in [1.807, 2.05) is 7.05 Å². The van der Waals surface area contributed by atoms with E-state index in [0.29, 0.717) is 12.3 Å². The molecule has 2 N–H and O–H groups in total. The summed E-state index contributed by atoms with van der Waals surface area (Å²) in [4.78, 5) is 0. The third-order valence-corrected chi connectivity index (χ3v) is 4.86. The van der Waals surface area contributed by atoms with Crippen LogP contribution in [0.25, 0.3) is 0 Å². The quantitative estimate of drug-likeness (QED) is 0.739. The van der Waals surface area contributed by atoms with E-state index < -0.39 is 10.0 Å². The van der Waals surface area contributed by atoms with E-state index in [1.54, 1.807) is 11.4 Å². The Balaban J connectivity index is 0.00000256. The normalized spacial score (nSPS) is 10.9. The molecule has 1 heterocycles. The van der Waals surface area contributed by atoms with Crippen molar-refractivity contribution in [2.45, 2.75) is 10.6 Å². The molecule has 5 nitrogen and oxygen atoms in total. The van der Waals surface area contributed by atoms with Crippen LogP contribution in [0.5, 0.6) is 5.75 Å². The molecule has 100 valence electrons. The zero-order chi connectivity index (χ0) is 12.0. The second-order valence-electron chi connectivity index (χ2n) is 3.13. The summed E-state index contributed by atoms with van der Waals surface area (Å²) in [6, 6.07) is 1.65. The second-order valence-corrected chi connectivity index (χ2v) is 6.01. The van der Waals surface area contributed by atoms with Crippen LogP contribution in [0.1, 0.15) is 6.42 Å². The van der Waals surface area contributed by atoms with Crippen LogP contribution >= 0.6 is 23.7 Å². The van der Waals surface area contributed by atoms with Crippen LogP contribution in [0, 0.1) is 0 Å². The van der Waals surface area contributed by atoms with Crippen LogP contribution in [-0.2, 0) is 10.0 Å². The highest BCUT2D eigenvalue weighted by molar-refractivity contribution is 7.91. The van der Waals surface area contributed by atoms with E-state index in [1.165, 1.54) is 7.11 Å². The van der Waals surface area contributed by atoms with Crippen LogP contribution in [0.4, 0.5) is 0 Å². The molecule has 0 radical (unpaired) electrons. The summed E-state index contributed by atoms with van der Waals surface area (Å²) < 4.78 is 31.4. The average molecular weight is 301 g/mol. The molecule has 0 saturated heterocycles. The van der Waals surface area contributed by atoms with Crippen molar-refractivity contribution < 1.29 is 13.2 Å². The van der Waals surface area contributed by atoms with Gasteiger partial charge in [0.15, 0.2) is 4.21 Å². The van der Waals surface area contributed by atoms with Crippen molar-refractivity contribution in [3.63, 3.8) is 0 Å². The summed E-state index contributed by atoms with van der Waals surface area (Å²) in [7, 11) is -0.134. The highest BCUT2D eigenvalue weighted by Gasteiger charge is 2.20. The molecule has 17 heavy (non-hydrogen) atoms. The van der Waals surface area contributed by atoms with Crippen molar-refractivity contribution in [1.82, 2.24) is 10.0 Å². The minimum Gasteiger partial charge on any atom is -0.494 e. The number of rotatable bonds is 7. The van der Waals surface area contributed by atoms with Crippen LogP contribution in [-0.4, -0.2) is 35.7 Å². The van der Waals surface area contributed by atoms with Gasteiger partial charge in [-0.1, -0.05) is 0 Å². The zero-order valence-corrected chi connectivity index (χ0v) is 12.2. The van der Waals surface area contributed by atoms with Crippen molar-refractivity contribution in [3.8, 4) is 5.75 Å². The van der Waals surface area contributed by atoms with Gasteiger partial charge < -0.3 is 10.1 Å². The van der Waals surface area contributed by atoms with E-state index in [4.69, 9.17) is 4.74 Å². The van der Waals surface area contributed by atoms with Gasteiger partial charge in [0.25, 0.3) is 10.0 Å². The lowest BCUT2D eigenvalue weighted by atomic mass is 10.4.